The third kappa shape index (κ3) is 1.52. The quantitative estimate of drug-likeness (QED) is 0.738. The third-order valence-corrected chi connectivity index (χ3v) is 2.79. The summed E-state index contributed by atoms with van der Waals surface area (Å²) in [5, 5.41) is 8.71. The maximum absolute atomic E-state index is 10.6. The molecule has 0 bridgehead atoms. The van der Waals surface area contributed by atoms with Crippen LogP contribution in [0.25, 0.3) is 0 Å². The van der Waals surface area contributed by atoms with E-state index >= 15 is 0 Å². The number of carboxylic acid groups (broad SMARTS) is 1. The first-order valence-electron chi connectivity index (χ1n) is 3.99. The van der Waals surface area contributed by atoms with Gasteiger partial charge in [-0.2, -0.15) is 0 Å². The Bertz CT molecular complexity index is 360. The van der Waals surface area contributed by atoms with E-state index in [1.54, 1.807) is 12.3 Å². The predicted molar refractivity (Wildman–Crippen MR) is 48.0 cm³/mol. The first kappa shape index (κ1) is 8.51. The van der Waals surface area contributed by atoms with Crippen LogP contribution in [0.1, 0.15) is 28.8 Å². The molecule has 3 nitrogen and oxygen atoms in total. The van der Waals surface area contributed by atoms with Crippen molar-refractivity contribution in [2.24, 2.45) is 0 Å². The molecule has 1 fully saturated rings. The number of nitrogens with zero attached hydrogens (tertiary/aromatic N) is 1. The van der Waals surface area contributed by atoms with Crippen LogP contribution in [0.2, 0.25) is 0 Å². The van der Waals surface area contributed by atoms with Crippen molar-refractivity contribution in [1.82, 2.24) is 4.98 Å². The van der Waals surface area contributed by atoms with Gasteiger partial charge in [-0.25, -0.2) is 4.79 Å². The van der Waals surface area contributed by atoms with E-state index in [9.17, 15) is 4.79 Å². The van der Waals surface area contributed by atoms with Crippen molar-refractivity contribution in [1.29, 1.82) is 0 Å². The fourth-order valence-electron chi connectivity index (χ4n) is 1.20. The van der Waals surface area contributed by atoms with Gasteiger partial charge in [0.15, 0.2) is 0 Å². The molecule has 1 heterocycles. The highest BCUT2D eigenvalue weighted by atomic mass is 35.5. The standard InChI is InChI=1S/C9H8ClNO2/c10-9(1-2-9)7-3-6(8(12)13)4-11-5-7/h3-5H,1-2H2,(H,12,13). The lowest BCUT2D eigenvalue weighted by molar-refractivity contribution is 0.0696. The maximum atomic E-state index is 10.6. The van der Waals surface area contributed by atoms with Crippen LogP contribution < -0.4 is 0 Å². The molecule has 0 aromatic carbocycles. The second kappa shape index (κ2) is 2.70. The normalized spacial score (nSPS) is 18.2. The highest BCUT2D eigenvalue weighted by Crippen LogP contribution is 2.51. The summed E-state index contributed by atoms with van der Waals surface area (Å²) in [4.78, 5) is 14.1. The van der Waals surface area contributed by atoms with Crippen molar-refractivity contribution >= 4 is 17.6 Å². The summed E-state index contributed by atoms with van der Waals surface area (Å²) in [6.45, 7) is 0. The average molecular weight is 198 g/mol. The number of aromatic nitrogens is 1. The fourth-order valence-corrected chi connectivity index (χ4v) is 1.40. The topological polar surface area (TPSA) is 50.2 Å². The van der Waals surface area contributed by atoms with Crippen molar-refractivity contribution in [3.8, 4) is 0 Å². The van der Waals surface area contributed by atoms with Crippen LogP contribution in [0, 0.1) is 0 Å². The minimum absolute atomic E-state index is 0.199. The molecule has 0 unspecified atom stereocenters. The van der Waals surface area contributed by atoms with Crippen LogP contribution in [0.4, 0.5) is 0 Å². The summed E-state index contributed by atoms with van der Waals surface area (Å²) < 4.78 is 0. The van der Waals surface area contributed by atoms with Gasteiger partial charge in [-0.15, -0.1) is 11.6 Å². The fraction of sp³-hybridized carbons (Fsp3) is 0.333. The molecule has 0 spiro atoms. The molecule has 1 aromatic rings. The molecule has 0 radical (unpaired) electrons. The zero-order valence-electron chi connectivity index (χ0n) is 6.83. The third-order valence-electron chi connectivity index (χ3n) is 2.19. The van der Waals surface area contributed by atoms with Crippen LogP contribution in [0.3, 0.4) is 0 Å². The van der Waals surface area contributed by atoms with Crippen molar-refractivity contribution in [2.45, 2.75) is 17.7 Å². The monoisotopic (exact) mass is 197 g/mol. The number of rotatable bonds is 2. The molecule has 0 aliphatic heterocycles. The number of alkyl halides is 1. The van der Waals surface area contributed by atoms with Crippen molar-refractivity contribution in [2.75, 3.05) is 0 Å². The molecule has 0 atom stereocenters. The summed E-state index contributed by atoms with van der Waals surface area (Å²) in [6, 6.07) is 1.59. The molecule has 4 heteroatoms. The molecule has 1 aliphatic rings. The Morgan fingerprint density at radius 2 is 2.23 bits per heavy atom. The molecule has 68 valence electrons. The van der Waals surface area contributed by atoms with Gasteiger partial charge in [0, 0.05) is 12.4 Å². The Hall–Kier alpha value is -1.09. The smallest absolute Gasteiger partial charge is 0.337 e. The van der Waals surface area contributed by atoms with Crippen molar-refractivity contribution < 1.29 is 9.90 Å². The Morgan fingerprint density at radius 1 is 1.54 bits per heavy atom. The summed E-state index contributed by atoms with van der Waals surface area (Å²) in [5.74, 6) is -0.963. The van der Waals surface area contributed by atoms with E-state index in [0.29, 0.717) is 0 Å². The number of carboxylic acids is 1. The van der Waals surface area contributed by atoms with Crippen molar-refractivity contribution in [3.05, 3.63) is 29.6 Å². The van der Waals surface area contributed by atoms with Gasteiger partial charge in [-0.05, 0) is 24.5 Å². The van der Waals surface area contributed by atoms with E-state index in [0.717, 1.165) is 18.4 Å². The van der Waals surface area contributed by atoms with E-state index < -0.39 is 5.97 Å². The molecule has 1 saturated carbocycles. The van der Waals surface area contributed by atoms with Gasteiger partial charge in [-0.3, -0.25) is 4.98 Å². The minimum Gasteiger partial charge on any atom is -0.478 e. The van der Waals surface area contributed by atoms with E-state index in [1.165, 1.54) is 6.20 Å². The van der Waals surface area contributed by atoms with Crippen molar-refractivity contribution in [3.63, 3.8) is 0 Å². The van der Waals surface area contributed by atoms with Crippen LogP contribution in [0.5, 0.6) is 0 Å². The highest BCUT2D eigenvalue weighted by molar-refractivity contribution is 6.25. The van der Waals surface area contributed by atoms with Gasteiger partial charge >= 0.3 is 5.97 Å². The SMILES string of the molecule is O=C(O)c1cncc(C2(Cl)CC2)c1. The lowest BCUT2D eigenvalue weighted by Gasteiger charge is -2.05. The predicted octanol–water partition coefficient (Wildman–Crippen LogP) is 2.01. The number of hydrogen-bond donors (Lipinski definition) is 1. The van der Waals surface area contributed by atoms with E-state index in [-0.39, 0.29) is 10.4 Å². The van der Waals surface area contributed by atoms with E-state index in [4.69, 9.17) is 16.7 Å². The molecular weight excluding hydrogens is 190 g/mol. The van der Waals surface area contributed by atoms with Crippen LogP contribution in [-0.2, 0) is 4.87 Å². The molecule has 1 aromatic heterocycles. The number of pyridine rings is 1. The lowest BCUT2D eigenvalue weighted by Crippen LogP contribution is -2.02. The lowest BCUT2D eigenvalue weighted by atomic mass is 10.1. The van der Waals surface area contributed by atoms with Gasteiger partial charge in [0.2, 0.25) is 0 Å². The first-order valence-corrected chi connectivity index (χ1v) is 4.37. The molecule has 1 N–H and O–H groups in total. The van der Waals surface area contributed by atoms with Gasteiger partial charge in [0.25, 0.3) is 0 Å². The zero-order valence-corrected chi connectivity index (χ0v) is 7.58. The number of carbonyl (C=O) groups is 1. The molecule has 13 heavy (non-hydrogen) atoms. The maximum Gasteiger partial charge on any atom is 0.337 e. The Kier molecular flexibility index (Phi) is 1.77. The van der Waals surface area contributed by atoms with Crippen LogP contribution in [0.15, 0.2) is 18.5 Å². The average Bonchev–Trinajstić information content (AvgIpc) is 2.85. The minimum atomic E-state index is -0.963. The van der Waals surface area contributed by atoms with Gasteiger partial charge in [0.1, 0.15) is 0 Å². The summed E-state index contributed by atoms with van der Waals surface area (Å²) >= 11 is 6.11. The highest BCUT2D eigenvalue weighted by Gasteiger charge is 2.42. The Labute approximate surface area is 80.4 Å². The Morgan fingerprint density at radius 3 is 2.77 bits per heavy atom. The summed E-state index contributed by atoms with van der Waals surface area (Å²) in [5.41, 5.74) is 1.01. The zero-order chi connectivity index (χ0) is 9.47. The number of aromatic carboxylic acids is 1. The van der Waals surface area contributed by atoms with E-state index in [2.05, 4.69) is 4.98 Å². The molecular formula is C9H8ClNO2. The van der Waals surface area contributed by atoms with Crippen LogP contribution >= 0.6 is 11.6 Å². The second-order valence-electron chi connectivity index (χ2n) is 3.23. The Balaban J connectivity index is 2.38. The van der Waals surface area contributed by atoms with Gasteiger partial charge in [-0.1, -0.05) is 0 Å². The largest absolute Gasteiger partial charge is 0.478 e. The van der Waals surface area contributed by atoms with Crippen LogP contribution in [-0.4, -0.2) is 16.1 Å². The molecule has 1 aliphatic carbocycles. The first-order chi connectivity index (χ1) is 6.12. The molecule has 0 saturated heterocycles. The van der Waals surface area contributed by atoms with Gasteiger partial charge < -0.3 is 5.11 Å². The van der Waals surface area contributed by atoms with E-state index in [1.807, 2.05) is 0 Å². The summed E-state index contributed by atoms with van der Waals surface area (Å²) in [6.07, 6.45) is 4.76. The number of halogens is 1. The second-order valence-corrected chi connectivity index (χ2v) is 3.96. The molecule has 0 amide bonds. The number of hydrogen-bond acceptors (Lipinski definition) is 2. The van der Waals surface area contributed by atoms with Gasteiger partial charge in [0.05, 0.1) is 10.4 Å². The molecule has 2 rings (SSSR count). The summed E-state index contributed by atoms with van der Waals surface area (Å²) in [7, 11) is 0.